The van der Waals surface area contributed by atoms with E-state index in [1.165, 1.54) is 24.8 Å². The monoisotopic (exact) mass is 261 g/mol. The fourth-order valence-corrected chi connectivity index (χ4v) is 3.33. The van der Waals surface area contributed by atoms with Crippen LogP contribution in [0.1, 0.15) is 45.6 Å². The third kappa shape index (κ3) is 3.30. The zero-order valence-corrected chi connectivity index (χ0v) is 12.5. The summed E-state index contributed by atoms with van der Waals surface area (Å²) in [5.41, 5.74) is 1.83. The molecule has 0 saturated heterocycles. The van der Waals surface area contributed by atoms with Crippen LogP contribution in [-0.4, -0.2) is 19.7 Å². The molecular weight excluding hydrogens is 234 g/mol. The maximum atomic E-state index is 5.53. The van der Waals surface area contributed by atoms with Crippen molar-refractivity contribution in [1.82, 2.24) is 5.32 Å². The summed E-state index contributed by atoms with van der Waals surface area (Å²) in [4.78, 5) is 0. The summed E-state index contributed by atoms with van der Waals surface area (Å²) in [5.74, 6) is 1.84. The van der Waals surface area contributed by atoms with E-state index in [9.17, 15) is 0 Å². The highest BCUT2D eigenvalue weighted by Crippen LogP contribution is 2.47. The SMILES string of the molecule is CCCNCC1(c2ccc(OCC)cc2)CC(C)C1. The molecule has 0 aliphatic heterocycles. The maximum Gasteiger partial charge on any atom is 0.119 e. The minimum absolute atomic E-state index is 0.360. The van der Waals surface area contributed by atoms with Crippen LogP contribution in [0, 0.1) is 5.92 Å². The fourth-order valence-electron chi connectivity index (χ4n) is 3.33. The molecule has 1 fully saturated rings. The van der Waals surface area contributed by atoms with Gasteiger partial charge < -0.3 is 10.1 Å². The molecule has 0 spiro atoms. The summed E-state index contributed by atoms with van der Waals surface area (Å²) >= 11 is 0. The number of hydrogen-bond acceptors (Lipinski definition) is 2. The lowest BCUT2D eigenvalue weighted by atomic mass is 9.59. The average molecular weight is 261 g/mol. The highest BCUT2D eigenvalue weighted by atomic mass is 16.5. The van der Waals surface area contributed by atoms with Gasteiger partial charge in [0.15, 0.2) is 0 Å². The van der Waals surface area contributed by atoms with Crippen LogP contribution in [0.25, 0.3) is 0 Å². The molecule has 0 heterocycles. The first-order chi connectivity index (χ1) is 9.20. The van der Waals surface area contributed by atoms with E-state index >= 15 is 0 Å². The molecule has 0 aromatic heterocycles. The summed E-state index contributed by atoms with van der Waals surface area (Å²) in [6.07, 6.45) is 3.81. The number of benzene rings is 1. The molecule has 0 atom stereocenters. The first-order valence-corrected chi connectivity index (χ1v) is 7.64. The predicted molar refractivity (Wildman–Crippen MR) is 80.8 cm³/mol. The van der Waals surface area contributed by atoms with E-state index in [2.05, 4.69) is 43.4 Å². The lowest BCUT2D eigenvalue weighted by Crippen LogP contribution is -2.48. The van der Waals surface area contributed by atoms with Crippen LogP contribution in [0.15, 0.2) is 24.3 Å². The van der Waals surface area contributed by atoms with Crippen molar-refractivity contribution in [1.29, 1.82) is 0 Å². The molecule has 1 aromatic carbocycles. The van der Waals surface area contributed by atoms with E-state index in [1.807, 2.05) is 6.92 Å². The summed E-state index contributed by atoms with van der Waals surface area (Å²) < 4.78 is 5.53. The number of ether oxygens (including phenoxy) is 1. The first-order valence-electron chi connectivity index (χ1n) is 7.64. The Morgan fingerprint density at radius 3 is 2.42 bits per heavy atom. The Morgan fingerprint density at radius 2 is 1.89 bits per heavy atom. The van der Waals surface area contributed by atoms with Gasteiger partial charge in [-0.25, -0.2) is 0 Å². The lowest BCUT2D eigenvalue weighted by molar-refractivity contribution is 0.152. The van der Waals surface area contributed by atoms with Crippen LogP contribution >= 0.6 is 0 Å². The lowest BCUT2D eigenvalue weighted by Gasteiger charge is -2.47. The molecule has 2 heteroatoms. The van der Waals surface area contributed by atoms with E-state index in [4.69, 9.17) is 4.74 Å². The highest BCUT2D eigenvalue weighted by molar-refractivity contribution is 5.35. The molecule has 1 saturated carbocycles. The highest BCUT2D eigenvalue weighted by Gasteiger charge is 2.42. The molecule has 106 valence electrons. The van der Waals surface area contributed by atoms with Crippen LogP contribution < -0.4 is 10.1 Å². The summed E-state index contributed by atoms with van der Waals surface area (Å²) in [5, 5.41) is 3.61. The van der Waals surface area contributed by atoms with Crippen molar-refractivity contribution in [2.75, 3.05) is 19.7 Å². The van der Waals surface area contributed by atoms with Gasteiger partial charge in [0.05, 0.1) is 6.61 Å². The second-order valence-electron chi connectivity index (χ2n) is 5.93. The zero-order valence-electron chi connectivity index (χ0n) is 12.5. The van der Waals surface area contributed by atoms with E-state index in [0.29, 0.717) is 5.41 Å². The second-order valence-corrected chi connectivity index (χ2v) is 5.93. The molecule has 1 aliphatic rings. The Bertz CT molecular complexity index is 379. The van der Waals surface area contributed by atoms with Gasteiger partial charge in [-0.3, -0.25) is 0 Å². The zero-order chi connectivity index (χ0) is 13.7. The van der Waals surface area contributed by atoms with Crippen molar-refractivity contribution in [3.8, 4) is 5.75 Å². The molecule has 2 rings (SSSR count). The molecule has 19 heavy (non-hydrogen) atoms. The largest absolute Gasteiger partial charge is 0.494 e. The van der Waals surface area contributed by atoms with Gasteiger partial charge in [0.25, 0.3) is 0 Å². The second kappa shape index (κ2) is 6.42. The summed E-state index contributed by atoms with van der Waals surface area (Å²) in [7, 11) is 0. The summed E-state index contributed by atoms with van der Waals surface area (Å²) in [6.45, 7) is 9.57. The third-order valence-electron chi connectivity index (χ3n) is 4.15. The molecular formula is C17H27NO. The quantitative estimate of drug-likeness (QED) is 0.755. The molecule has 2 nitrogen and oxygen atoms in total. The van der Waals surface area contributed by atoms with Crippen LogP contribution in [0.4, 0.5) is 0 Å². The topological polar surface area (TPSA) is 21.3 Å². The molecule has 0 unspecified atom stereocenters. The minimum atomic E-state index is 0.360. The Labute approximate surface area is 117 Å². The van der Waals surface area contributed by atoms with Gasteiger partial charge in [0.2, 0.25) is 0 Å². The van der Waals surface area contributed by atoms with Crippen molar-refractivity contribution < 1.29 is 4.74 Å². The number of nitrogens with one attached hydrogen (secondary N) is 1. The van der Waals surface area contributed by atoms with Crippen molar-refractivity contribution >= 4 is 0 Å². The molecule has 1 aromatic rings. The Kier molecular flexibility index (Phi) is 4.87. The van der Waals surface area contributed by atoms with Gasteiger partial charge in [-0.1, -0.05) is 26.0 Å². The van der Waals surface area contributed by atoms with Gasteiger partial charge in [-0.2, -0.15) is 0 Å². The maximum absolute atomic E-state index is 5.53. The van der Waals surface area contributed by atoms with E-state index in [1.54, 1.807) is 0 Å². The minimum Gasteiger partial charge on any atom is -0.494 e. The third-order valence-corrected chi connectivity index (χ3v) is 4.15. The van der Waals surface area contributed by atoms with Crippen molar-refractivity contribution in [3.63, 3.8) is 0 Å². The van der Waals surface area contributed by atoms with E-state index in [0.717, 1.165) is 31.4 Å². The van der Waals surface area contributed by atoms with Gasteiger partial charge >= 0.3 is 0 Å². The normalized spacial score (nSPS) is 25.9. The Balaban J connectivity index is 2.06. The molecule has 0 radical (unpaired) electrons. The standard InChI is InChI=1S/C17H27NO/c1-4-10-18-13-17(11-14(3)12-17)15-6-8-16(9-7-15)19-5-2/h6-9,14,18H,4-5,10-13H2,1-3H3. The molecule has 1 N–H and O–H groups in total. The fraction of sp³-hybridized carbons (Fsp3) is 0.647. The van der Waals surface area contributed by atoms with Crippen LogP contribution in [0.3, 0.4) is 0 Å². The predicted octanol–water partition coefficient (Wildman–Crippen LogP) is 3.75. The Morgan fingerprint density at radius 1 is 1.21 bits per heavy atom. The molecule has 0 bridgehead atoms. The van der Waals surface area contributed by atoms with Crippen LogP contribution in [0.2, 0.25) is 0 Å². The van der Waals surface area contributed by atoms with Gasteiger partial charge in [-0.05, 0) is 56.3 Å². The van der Waals surface area contributed by atoms with Gasteiger partial charge in [0.1, 0.15) is 5.75 Å². The van der Waals surface area contributed by atoms with Crippen molar-refractivity contribution in [2.24, 2.45) is 5.92 Å². The number of rotatable bonds is 7. The molecule has 1 aliphatic carbocycles. The average Bonchev–Trinajstić information content (AvgIpc) is 2.38. The summed E-state index contributed by atoms with van der Waals surface area (Å²) in [6, 6.07) is 8.74. The van der Waals surface area contributed by atoms with Crippen molar-refractivity contribution in [2.45, 2.75) is 45.4 Å². The van der Waals surface area contributed by atoms with Crippen molar-refractivity contribution in [3.05, 3.63) is 29.8 Å². The van der Waals surface area contributed by atoms with Crippen LogP contribution in [0.5, 0.6) is 5.75 Å². The van der Waals surface area contributed by atoms with E-state index in [-0.39, 0.29) is 0 Å². The van der Waals surface area contributed by atoms with E-state index < -0.39 is 0 Å². The Hall–Kier alpha value is -1.02. The smallest absolute Gasteiger partial charge is 0.119 e. The van der Waals surface area contributed by atoms with Gasteiger partial charge in [0, 0.05) is 12.0 Å². The molecule has 0 amide bonds. The van der Waals surface area contributed by atoms with Gasteiger partial charge in [-0.15, -0.1) is 0 Å². The number of hydrogen-bond donors (Lipinski definition) is 1. The van der Waals surface area contributed by atoms with Crippen LogP contribution in [-0.2, 0) is 5.41 Å². The first kappa shape index (κ1) is 14.4.